The lowest BCUT2D eigenvalue weighted by molar-refractivity contribution is -0.124. The van der Waals surface area contributed by atoms with E-state index in [9.17, 15) is 18.4 Å². The third-order valence-corrected chi connectivity index (χ3v) is 7.98. The van der Waals surface area contributed by atoms with Gasteiger partial charge < -0.3 is 14.8 Å². The molecule has 0 radical (unpaired) electrons. The summed E-state index contributed by atoms with van der Waals surface area (Å²) >= 11 is 0. The zero-order valence-corrected chi connectivity index (χ0v) is 20.0. The van der Waals surface area contributed by atoms with Crippen LogP contribution in [-0.4, -0.2) is 53.6 Å². The van der Waals surface area contributed by atoms with Gasteiger partial charge in [0, 0.05) is 18.5 Å². The van der Waals surface area contributed by atoms with E-state index in [0.717, 1.165) is 44.8 Å². The monoisotopic (exact) mass is 502 g/mol. The fourth-order valence-corrected chi connectivity index (χ4v) is 5.94. The second kappa shape index (κ2) is 10.7. The van der Waals surface area contributed by atoms with Crippen molar-refractivity contribution in [2.45, 2.75) is 56.7 Å². The molecule has 8 nitrogen and oxygen atoms in total. The summed E-state index contributed by atoms with van der Waals surface area (Å²) in [5.74, 6) is -1.88. The first-order valence-corrected chi connectivity index (χ1v) is 12.7. The Bertz CT molecular complexity index is 1100. The van der Waals surface area contributed by atoms with Gasteiger partial charge in [-0.3, -0.25) is 15.1 Å². The van der Waals surface area contributed by atoms with E-state index in [1.54, 1.807) is 18.2 Å². The minimum absolute atomic E-state index is 0.0113. The van der Waals surface area contributed by atoms with Crippen LogP contribution in [0.5, 0.6) is 0 Å². The molecule has 1 aliphatic carbocycles. The van der Waals surface area contributed by atoms with Crippen LogP contribution >= 0.6 is 0 Å². The number of benzene rings is 1. The summed E-state index contributed by atoms with van der Waals surface area (Å²) in [5, 5.41) is 12.1. The number of aromatic carboxylic acids is 1. The molecule has 5 rings (SSSR count). The summed E-state index contributed by atoms with van der Waals surface area (Å²) < 4.78 is 33.5. The van der Waals surface area contributed by atoms with E-state index in [0.29, 0.717) is 36.8 Å². The highest BCUT2D eigenvalue weighted by atomic mass is 19.2. The third-order valence-electron chi connectivity index (χ3n) is 7.98. The minimum atomic E-state index is -1.07. The predicted molar refractivity (Wildman–Crippen MR) is 127 cm³/mol. The Morgan fingerprint density at radius 3 is 2.64 bits per heavy atom. The normalized spacial score (nSPS) is 27.1. The van der Waals surface area contributed by atoms with Gasteiger partial charge in [-0.1, -0.05) is 12.1 Å². The highest BCUT2D eigenvalue weighted by molar-refractivity contribution is 5.84. The van der Waals surface area contributed by atoms with Gasteiger partial charge in [0.2, 0.25) is 11.7 Å². The van der Waals surface area contributed by atoms with E-state index < -0.39 is 23.6 Å². The summed E-state index contributed by atoms with van der Waals surface area (Å²) in [5.41, 5.74) is 6.77. The van der Waals surface area contributed by atoms with Crippen LogP contribution in [0.1, 0.15) is 59.9 Å². The fraction of sp³-hybridized carbons (Fsp3) is 0.538. The highest BCUT2D eigenvalue weighted by Crippen LogP contribution is 2.40. The van der Waals surface area contributed by atoms with Crippen LogP contribution in [0.4, 0.5) is 8.78 Å². The average Bonchev–Trinajstić information content (AvgIpc) is 3.52. The molecule has 4 N–H and O–H groups in total. The number of hydrogen-bond acceptors (Lipinski definition) is 6. The Labute approximate surface area is 208 Å². The number of hydrazine groups is 1. The zero-order valence-electron chi connectivity index (χ0n) is 20.0. The summed E-state index contributed by atoms with van der Waals surface area (Å²) in [6, 6.07) is 7.23. The first-order chi connectivity index (χ1) is 17.4. The van der Waals surface area contributed by atoms with E-state index in [-0.39, 0.29) is 29.5 Å². The van der Waals surface area contributed by atoms with Crippen molar-refractivity contribution >= 4 is 11.9 Å². The van der Waals surface area contributed by atoms with Crippen LogP contribution in [0.15, 0.2) is 34.7 Å². The van der Waals surface area contributed by atoms with Gasteiger partial charge in [-0.2, -0.15) is 0 Å². The van der Waals surface area contributed by atoms with Crippen molar-refractivity contribution in [3.63, 3.8) is 0 Å². The number of nitrogens with one attached hydrogen (secondary N) is 3. The van der Waals surface area contributed by atoms with Gasteiger partial charge >= 0.3 is 5.97 Å². The van der Waals surface area contributed by atoms with Gasteiger partial charge in [-0.05, 0) is 80.8 Å². The molecule has 194 valence electrons. The zero-order chi connectivity index (χ0) is 25.2. The highest BCUT2D eigenvalue weighted by Gasteiger charge is 2.44. The van der Waals surface area contributed by atoms with Crippen molar-refractivity contribution in [1.29, 1.82) is 0 Å². The number of piperidine rings is 1. The van der Waals surface area contributed by atoms with Crippen LogP contribution < -0.4 is 16.2 Å². The number of fused-ring (bicyclic) bond motifs is 1. The number of carboxylic acids is 1. The lowest BCUT2D eigenvalue weighted by atomic mass is 9.73. The van der Waals surface area contributed by atoms with E-state index in [4.69, 9.17) is 9.52 Å². The molecule has 3 aliphatic rings. The number of amides is 1. The van der Waals surface area contributed by atoms with E-state index >= 15 is 0 Å². The van der Waals surface area contributed by atoms with Crippen LogP contribution in [0.3, 0.4) is 0 Å². The van der Waals surface area contributed by atoms with Crippen molar-refractivity contribution in [2.75, 3.05) is 19.6 Å². The molecule has 3 fully saturated rings. The Balaban J connectivity index is 1.09. The number of hydrogen-bond donors (Lipinski definition) is 4. The molecule has 1 amide bonds. The van der Waals surface area contributed by atoms with Gasteiger partial charge in [0.1, 0.15) is 11.8 Å². The van der Waals surface area contributed by atoms with Gasteiger partial charge in [-0.15, -0.1) is 0 Å². The van der Waals surface area contributed by atoms with Gasteiger partial charge in [-0.25, -0.2) is 19.0 Å². The number of halogens is 2. The van der Waals surface area contributed by atoms with Gasteiger partial charge in [0.25, 0.3) is 0 Å². The Kier molecular flexibility index (Phi) is 7.36. The minimum Gasteiger partial charge on any atom is -0.475 e. The van der Waals surface area contributed by atoms with E-state index in [2.05, 4.69) is 21.1 Å². The molecule has 4 unspecified atom stereocenters. The molecule has 2 saturated heterocycles. The molecule has 36 heavy (non-hydrogen) atoms. The molecule has 1 aromatic carbocycles. The second-order valence-electron chi connectivity index (χ2n) is 10.2. The first-order valence-electron chi connectivity index (χ1n) is 12.7. The fourth-order valence-electron chi connectivity index (χ4n) is 5.94. The second-order valence-corrected chi connectivity index (χ2v) is 10.2. The standard InChI is InChI=1S/C26H32F2N4O4/c27-20-3-1-2-18(23(20)28)16-4-6-21-19(12-16)24(31-30-21)25(33)29-13-15-8-10-32(11-9-15)14-17-5-7-22(36-17)26(34)35/h1-3,5,7,15-16,19,21,24,30-31H,4,6,8-14H2,(H,29,33)(H,34,35). The summed E-state index contributed by atoms with van der Waals surface area (Å²) in [6.07, 6.45) is 4.02. The maximum absolute atomic E-state index is 14.4. The molecule has 10 heteroatoms. The molecule has 2 aromatic rings. The molecule has 3 heterocycles. The molecule has 1 aromatic heterocycles. The average molecular weight is 503 g/mol. The molecule has 1 saturated carbocycles. The molecular weight excluding hydrogens is 470 g/mol. The van der Waals surface area contributed by atoms with Gasteiger partial charge in [0.15, 0.2) is 11.6 Å². The molecule has 0 spiro atoms. The number of nitrogens with zero attached hydrogens (tertiary/aromatic N) is 1. The Hall–Kier alpha value is -2.82. The van der Waals surface area contributed by atoms with Crippen molar-refractivity contribution in [2.24, 2.45) is 11.8 Å². The number of rotatable bonds is 7. The number of carboxylic acid groups (broad SMARTS) is 1. The number of furan rings is 1. The van der Waals surface area contributed by atoms with Crippen LogP contribution in [0, 0.1) is 23.5 Å². The van der Waals surface area contributed by atoms with Crippen LogP contribution in [0.2, 0.25) is 0 Å². The topological polar surface area (TPSA) is 107 Å². The quantitative estimate of drug-likeness (QED) is 0.461. The maximum Gasteiger partial charge on any atom is 0.371 e. The lowest BCUT2D eigenvalue weighted by Crippen LogP contribution is -2.48. The maximum atomic E-state index is 14.4. The Morgan fingerprint density at radius 1 is 1.08 bits per heavy atom. The number of carbonyl (C=O) groups excluding carboxylic acids is 1. The van der Waals surface area contributed by atoms with E-state index in [1.165, 1.54) is 6.07 Å². The predicted octanol–water partition coefficient (Wildman–Crippen LogP) is 3.01. The number of likely N-dealkylation sites (tertiary alicyclic amines) is 1. The van der Waals surface area contributed by atoms with Crippen molar-refractivity contribution in [1.82, 2.24) is 21.1 Å². The molecule has 4 atom stereocenters. The van der Waals surface area contributed by atoms with Crippen molar-refractivity contribution < 1.29 is 27.9 Å². The summed E-state index contributed by atoms with van der Waals surface area (Å²) in [7, 11) is 0. The summed E-state index contributed by atoms with van der Waals surface area (Å²) in [4.78, 5) is 26.3. The smallest absolute Gasteiger partial charge is 0.371 e. The van der Waals surface area contributed by atoms with Crippen molar-refractivity contribution in [3.8, 4) is 0 Å². The molecule has 2 aliphatic heterocycles. The largest absolute Gasteiger partial charge is 0.475 e. The van der Waals surface area contributed by atoms with Crippen LogP contribution in [0.25, 0.3) is 0 Å². The number of carbonyl (C=O) groups is 2. The third kappa shape index (κ3) is 5.30. The summed E-state index contributed by atoms with van der Waals surface area (Å²) in [6.45, 7) is 2.85. The van der Waals surface area contributed by atoms with Crippen molar-refractivity contribution in [3.05, 3.63) is 59.1 Å². The lowest BCUT2D eigenvalue weighted by Gasteiger charge is -2.34. The molecular formula is C26H32F2N4O4. The molecule has 0 bridgehead atoms. The Morgan fingerprint density at radius 2 is 1.89 bits per heavy atom. The first kappa shape index (κ1) is 24.9. The van der Waals surface area contributed by atoms with Gasteiger partial charge in [0.05, 0.1) is 6.54 Å². The SMILES string of the molecule is O=C(O)c1ccc(CN2CCC(CNC(=O)C3NNC4CCC(c5cccc(F)c5F)CC43)CC2)o1. The van der Waals surface area contributed by atoms with Crippen LogP contribution in [-0.2, 0) is 11.3 Å². The van der Waals surface area contributed by atoms with E-state index in [1.807, 2.05) is 0 Å².